The highest BCUT2D eigenvalue weighted by Crippen LogP contribution is 2.37. The zero-order valence-corrected chi connectivity index (χ0v) is 25.5. The molecule has 0 amide bonds. The second kappa shape index (κ2) is 12.3. The van der Waals surface area contributed by atoms with Crippen LogP contribution in [0.25, 0.3) is 77.4 Å². The minimum Gasteiger partial charge on any atom is -0.245 e. The van der Waals surface area contributed by atoms with Crippen molar-refractivity contribution in [3.63, 3.8) is 0 Å². The number of hydrogen-bond donors (Lipinski definition) is 0. The Labute approximate surface area is 272 Å². The summed E-state index contributed by atoms with van der Waals surface area (Å²) in [5.41, 5.74) is 11.9. The van der Waals surface area contributed by atoms with Crippen molar-refractivity contribution in [3.05, 3.63) is 157 Å². The van der Waals surface area contributed by atoms with E-state index in [2.05, 4.69) is 17.5 Å². The molecule has 0 spiro atoms. The highest BCUT2D eigenvalue weighted by atomic mass is 14.8. The first-order chi connectivity index (χ1) is 23.1. The number of nitriles is 1. The molecule has 0 radical (unpaired) electrons. The molecule has 7 rings (SSSR count). The van der Waals surface area contributed by atoms with E-state index in [4.69, 9.17) is 26.5 Å². The second-order valence-electron chi connectivity index (χ2n) is 11.0. The molecule has 220 valence electrons. The van der Waals surface area contributed by atoms with Gasteiger partial charge in [0.1, 0.15) is 0 Å². The van der Waals surface area contributed by atoms with E-state index in [1.165, 1.54) is 0 Å². The lowest BCUT2D eigenvalue weighted by Crippen LogP contribution is -1.99. The van der Waals surface area contributed by atoms with Crippen LogP contribution in [0.3, 0.4) is 0 Å². The lowest BCUT2D eigenvalue weighted by atomic mass is 9.99. The molecular formula is C41H26N6. The molecule has 6 heteroatoms. The summed E-state index contributed by atoms with van der Waals surface area (Å²) >= 11 is 0. The molecule has 0 atom stereocenters. The molecule has 0 unspecified atom stereocenters. The summed E-state index contributed by atoms with van der Waals surface area (Å²) in [6.45, 7) is 13.6. The summed E-state index contributed by atoms with van der Waals surface area (Å²) in [6.07, 6.45) is 3.62. The molecule has 0 saturated carbocycles. The minimum atomic E-state index is 0.522. The summed E-state index contributed by atoms with van der Waals surface area (Å²) in [7, 11) is 0. The Morgan fingerprint density at radius 1 is 0.660 bits per heavy atom. The van der Waals surface area contributed by atoms with Gasteiger partial charge in [0, 0.05) is 16.7 Å². The van der Waals surface area contributed by atoms with Crippen LogP contribution in [0, 0.1) is 17.9 Å². The van der Waals surface area contributed by atoms with Crippen LogP contribution in [0.2, 0.25) is 0 Å². The Morgan fingerprint density at radius 2 is 1.26 bits per heavy atom. The maximum absolute atomic E-state index is 9.85. The summed E-state index contributed by atoms with van der Waals surface area (Å²) in [5, 5.41) is 9.85. The van der Waals surface area contributed by atoms with Crippen LogP contribution in [0.1, 0.15) is 18.2 Å². The first-order valence-corrected chi connectivity index (χ1v) is 15.0. The van der Waals surface area contributed by atoms with Crippen LogP contribution < -0.4 is 0 Å². The van der Waals surface area contributed by atoms with Crippen LogP contribution in [0.5, 0.6) is 0 Å². The van der Waals surface area contributed by atoms with Crippen LogP contribution in [-0.2, 0) is 0 Å². The second-order valence-corrected chi connectivity index (χ2v) is 11.0. The van der Waals surface area contributed by atoms with E-state index < -0.39 is 0 Å². The fourth-order valence-electron chi connectivity index (χ4n) is 5.73. The molecule has 2 aromatic heterocycles. The monoisotopic (exact) mass is 602 g/mol. The number of benzene rings is 5. The molecule has 0 aliphatic rings. The molecule has 0 fully saturated rings. The van der Waals surface area contributed by atoms with Gasteiger partial charge in [0.15, 0.2) is 5.69 Å². The lowest BCUT2D eigenvalue weighted by Gasteiger charge is -2.14. The fourth-order valence-corrected chi connectivity index (χ4v) is 5.73. The van der Waals surface area contributed by atoms with Crippen molar-refractivity contribution in [1.29, 1.82) is 5.26 Å². The highest BCUT2D eigenvalue weighted by molar-refractivity contribution is 5.93. The standard InChI is InChI=1S/C41H26N6/c1-4-12-26(2)38-40(31-16-9-8-15-30(31)25-42)46-36-23-28(19-21-34(36)44-38)29-20-22-35-37(24-29)47-41(32-17-10-11-18-33(32)43-3)39(45-35)27-13-6-5-7-14-27/h4-24H,1H2,2H3. The zero-order chi connectivity index (χ0) is 32.3. The summed E-state index contributed by atoms with van der Waals surface area (Å²) in [5.74, 6) is 0. The maximum Gasteiger partial charge on any atom is 0.196 e. The fraction of sp³-hybridized carbons (Fsp3) is 0.0244. The molecule has 2 heterocycles. The van der Waals surface area contributed by atoms with Crippen LogP contribution >= 0.6 is 0 Å². The van der Waals surface area contributed by atoms with Crippen LogP contribution in [-0.4, -0.2) is 19.9 Å². The number of allylic oxidation sites excluding steroid dienone is 3. The van der Waals surface area contributed by atoms with Crippen molar-refractivity contribution in [2.24, 2.45) is 0 Å². The van der Waals surface area contributed by atoms with Crippen molar-refractivity contribution in [2.45, 2.75) is 6.92 Å². The highest BCUT2D eigenvalue weighted by Gasteiger charge is 2.18. The van der Waals surface area contributed by atoms with Crippen molar-refractivity contribution < 1.29 is 0 Å². The van der Waals surface area contributed by atoms with Crippen LogP contribution in [0.15, 0.2) is 134 Å². The van der Waals surface area contributed by atoms with Crippen molar-refractivity contribution in [2.75, 3.05) is 0 Å². The van der Waals surface area contributed by atoms with Crippen LogP contribution in [0.4, 0.5) is 5.69 Å². The Kier molecular flexibility index (Phi) is 7.60. The van der Waals surface area contributed by atoms with Gasteiger partial charge in [0.25, 0.3) is 0 Å². The third-order valence-electron chi connectivity index (χ3n) is 8.03. The molecule has 0 aliphatic heterocycles. The average Bonchev–Trinajstić information content (AvgIpc) is 3.13. The topological polar surface area (TPSA) is 79.7 Å². The molecule has 6 nitrogen and oxygen atoms in total. The third kappa shape index (κ3) is 5.42. The number of aromatic nitrogens is 4. The van der Waals surface area contributed by atoms with E-state index in [-0.39, 0.29) is 0 Å². The molecule has 0 aliphatic carbocycles. The maximum atomic E-state index is 9.85. The largest absolute Gasteiger partial charge is 0.245 e. The zero-order valence-electron chi connectivity index (χ0n) is 25.5. The van der Waals surface area contributed by atoms with Gasteiger partial charge in [-0.1, -0.05) is 104 Å². The number of rotatable bonds is 6. The van der Waals surface area contributed by atoms with Crippen molar-refractivity contribution in [3.8, 4) is 51.0 Å². The van der Waals surface area contributed by atoms with E-state index in [0.29, 0.717) is 39.4 Å². The van der Waals surface area contributed by atoms with E-state index in [0.717, 1.165) is 50.1 Å². The lowest BCUT2D eigenvalue weighted by molar-refractivity contribution is 1.24. The Bertz CT molecular complexity index is 2460. The predicted octanol–water partition coefficient (Wildman–Crippen LogP) is 10.3. The van der Waals surface area contributed by atoms with Gasteiger partial charge < -0.3 is 0 Å². The molecule has 0 bridgehead atoms. The van der Waals surface area contributed by atoms with Gasteiger partial charge in [-0.2, -0.15) is 5.26 Å². The molecule has 5 aromatic carbocycles. The van der Waals surface area contributed by atoms with E-state index in [1.807, 2.05) is 116 Å². The SMILES string of the molecule is [C-]#[N+]c1ccccc1-c1nc2cc(-c3ccc4nc(C(C)=CC=C)c(-c5ccccc5C#N)nc4c3)ccc2nc1-c1ccccc1. The van der Waals surface area contributed by atoms with Gasteiger partial charge in [0.2, 0.25) is 0 Å². The van der Waals surface area contributed by atoms with Gasteiger partial charge in [-0.05, 0) is 54.0 Å². The summed E-state index contributed by atoms with van der Waals surface area (Å²) in [4.78, 5) is 24.0. The van der Waals surface area contributed by atoms with Gasteiger partial charge in [-0.3, -0.25) is 0 Å². The van der Waals surface area contributed by atoms with Gasteiger partial charge in [-0.25, -0.2) is 24.8 Å². The van der Waals surface area contributed by atoms with E-state index in [1.54, 1.807) is 18.2 Å². The molecule has 0 N–H and O–H groups in total. The number of para-hydroxylation sites is 1. The van der Waals surface area contributed by atoms with Gasteiger partial charge in [-0.15, -0.1) is 0 Å². The quantitative estimate of drug-likeness (QED) is 0.140. The van der Waals surface area contributed by atoms with Crippen molar-refractivity contribution >= 4 is 33.3 Å². The predicted molar refractivity (Wildman–Crippen MR) is 189 cm³/mol. The first kappa shape index (κ1) is 29.0. The summed E-state index contributed by atoms with van der Waals surface area (Å²) < 4.78 is 0. The van der Waals surface area contributed by atoms with Gasteiger partial charge in [0.05, 0.1) is 63.0 Å². The number of nitrogens with zero attached hydrogens (tertiary/aromatic N) is 6. The Hall–Kier alpha value is -6.76. The van der Waals surface area contributed by atoms with E-state index >= 15 is 0 Å². The molecular weight excluding hydrogens is 576 g/mol. The Morgan fingerprint density at radius 3 is 1.94 bits per heavy atom. The Balaban J connectivity index is 1.40. The minimum absolute atomic E-state index is 0.522. The molecule has 47 heavy (non-hydrogen) atoms. The molecule has 0 saturated heterocycles. The smallest absolute Gasteiger partial charge is 0.196 e. The van der Waals surface area contributed by atoms with Gasteiger partial charge >= 0.3 is 0 Å². The number of fused-ring (bicyclic) bond motifs is 2. The molecule has 7 aromatic rings. The third-order valence-corrected chi connectivity index (χ3v) is 8.03. The average molecular weight is 603 g/mol. The van der Waals surface area contributed by atoms with E-state index in [9.17, 15) is 5.26 Å². The first-order valence-electron chi connectivity index (χ1n) is 15.0. The van der Waals surface area contributed by atoms with Crippen molar-refractivity contribution in [1.82, 2.24) is 19.9 Å². The number of hydrogen-bond acceptors (Lipinski definition) is 5. The summed E-state index contributed by atoms with van der Waals surface area (Å²) in [6, 6.07) is 39.2. The normalized spacial score (nSPS) is 11.3.